The summed E-state index contributed by atoms with van der Waals surface area (Å²) < 4.78 is 0. The predicted molar refractivity (Wildman–Crippen MR) is 71.6 cm³/mol. The van der Waals surface area contributed by atoms with E-state index in [1.807, 2.05) is 0 Å². The van der Waals surface area contributed by atoms with Crippen molar-refractivity contribution in [2.45, 2.75) is 65.0 Å². The molecule has 2 heteroatoms. The molecule has 0 aromatic carbocycles. The minimum Gasteiger partial charge on any atom is -0.311 e. The normalized spacial score (nSPS) is 20.8. The maximum atomic E-state index is 3.78. The van der Waals surface area contributed by atoms with Crippen LogP contribution in [0.25, 0.3) is 0 Å². The van der Waals surface area contributed by atoms with Gasteiger partial charge < -0.3 is 5.32 Å². The number of hydrogen-bond acceptors (Lipinski definition) is 2. The van der Waals surface area contributed by atoms with Crippen molar-refractivity contribution in [3.63, 3.8) is 0 Å². The van der Waals surface area contributed by atoms with Gasteiger partial charge in [0.1, 0.15) is 0 Å². The Morgan fingerprint density at radius 2 is 1.80 bits per heavy atom. The molecule has 1 atom stereocenters. The molecule has 1 saturated heterocycles. The lowest BCUT2D eigenvalue weighted by Crippen LogP contribution is -2.38. The third-order valence-electron chi connectivity index (χ3n) is 3.16. The van der Waals surface area contributed by atoms with Crippen LogP contribution in [0.4, 0.5) is 0 Å². The quantitative estimate of drug-likeness (QED) is 0.745. The van der Waals surface area contributed by atoms with E-state index >= 15 is 0 Å². The van der Waals surface area contributed by atoms with E-state index in [0.29, 0.717) is 0 Å². The lowest BCUT2D eigenvalue weighted by Gasteiger charge is -2.26. The first-order chi connectivity index (χ1) is 7.18. The highest BCUT2D eigenvalue weighted by Crippen LogP contribution is 2.18. The van der Waals surface area contributed by atoms with Crippen LogP contribution >= 0.6 is 11.8 Å². The molecule has 1 heterocycles. The zero-order chi connectivity index (χ0) is 11.1. The molecule has 0 aromatic rings. The second-order valence-electron chi connectivity index (χ2n) is 5.28. The number of thioether (sulfide) groups is 1. The average molecular weight is 229 g/mol. The summed E-state index contributed by atoms with van der Waals surface area (Å²) in [5.74, 6) is 3.58. The summed E-state index contributed by atoms with van der Waals surface area (Å²) in [4.78, 5) is 0. The van der Waals surface area contributed by atoms with Gasteiger partial charge in [0.05, 0.1) is 0 Å². The fourth-order valence-electron chi connectivity index (χ4n) is 2.18. The SMILES string of the molecule is CC(C)CCCC(C)NC1CCSCC1. The molecule has 1 N–H and O–H groups in total. The molecule has 0 radical (unpaired) electrons. The van der Waals surface area contributed by atoms with Gasteiger partial charge in [-0.15, -0.1) is 0 Å². The number of rotatable bonds is 6. The molecule has 0 amide bonds. The molecule has 90 valence electrons. The van der Waals surface area contributed by atoms with E-state index in [4.69, 9.17) is 0 Å². The van der Waals surface area contributed by atoms with E-state index < -0.39 is 0 Å². The smallest absolute Gasteiger partial charge is 0.00852 e. The highest BCUT2D eigenvalue weighted by atomic mass is 32.2. The molecule has 15 heavy (non-hydrogen) atoms. The van der Waals surface area contributed by atoms with Crippen molar-refractivity contribution in [1.82, 2.24) is 5.32 Å². The van der Waals surface area contributed by atoms with Crippen LogP contribution in [0.1, 0.15) is 52.9 Å². The van der Waals surface area contributed by atoms with Gasteiger partial charge in [-0.05, 0) is 43.6 Å². The van der Waals surface area contributed by atoms with Crippen LogP contribution in [0, 0.1) is 5.92 Å². The summed E-state index contributed by atoms with van der Waals surface area (Å²) in [7, 11) is 0. The fraction of sp³-hybridized carbons (Fsp3) is 1.00. The molecule has 1 rings (SSSR count). The fourth-order valence-corrected chi connectivity index (χ4v) is 3.29. The Balaban J connectivity index is 2.03. The summed E-state index contributed by atoms with van der Waals surface area (Å²) in [5, 5.41) is 3.78. The standard InChI is InChI=1S/C13H27NS/c1-11(2)5-4-6-12(3)14-13-7-9-15-10-8-13/h11-14H,4-10H2,1-3H3. The molecule has 0 bridgehead atoms. The molecule has 0 aliphatic carbocycles. The summed E-state index contributed by atoms with van der Waals surface area (Å²) in [6, 6.07) is 1.53. The van der Waals surface area contributed by atoms with Crippen molar-refractivity contribution in [1.29, 1.82) is 0 Å². The van der Waals surface area contributed by atoms with E-state index in [0.717, 1.165) is 18.0 Å². The molecule has 1 unspecified atom stereocenters. The first-order valence-corrected chi connectivity index (χ1v) is 7.67. The Hall–Kier alpha value is 0.310. The summed E-state index contributed by atoms with van der Waals surface area (Å²) in [5.41, 5.74) is 0. The van der Waals surface area contributed by atoms with Crippen molar-refractivity contribution >= 4 is 11.8 Å². The zero-order valence-electron chi connectivity index (χ0n) is 10.6. The Morgan fingerprint density at radius 3 is 2.40 bits per heavy atom. The Bertz CT molecular complexity index is 153. The molecular weight excluding hydrogens is 202 g/mol. The van der Waals surface area contributed by atoms with Crippen molar-refractivity contribution in [2.24, 2.45) is 5.92 Å². The molecule has 0 saturated carbocycles. The zero-order valence-corrected chi connectivity index (χ0v) is 11.4. The van der Waals surface area contributed by atoms with Gasteiger partial charge in [-0.25, -0.2) is 0 Å². The summed E-state index contributed by atoms with van der Waals surface area (Å²) >= 11 is 2.11. The highest BCUT2D eigenvalue weighted by Gasteiger charge is 2.15. The van der Waals surface area contributed by atoms with E-state index in [2.05, 4.69) is 37.8 Å². The van der Waals surface area contributed by atoms with Gasteiger partial charge >= 0.3 is 0 Å². The van der Waals surface area contributed by atoms with Gasteiger partial charge in [-0.1, -0.05) is 26.7 Å². The van der Waals surface area contributed by atoms with E-state index in [1.165, 1.54) is 43.6 Å². The first kappa shape index (κ1) is 13.4. The minimum atomic E-state index is 0.719. The second kappa shape index (κ2) is 7.56. The van der Waals surface area contributed by atoms with Crippen LogP contribution in [0.2, 0.25) is 0 Å². The van der Waals surface area contributed by atoms with Crippen molar-refractivity contribution in [2.75, 3.05) is 11.5 Å². The Kier molecular flexibility index (Phi) is 6.74. The van der Waals surface area contributed by atoms with Crippen LogP contribution in [-0.2, 0) is 0 Å². The molecule has 1 aliphatic heterocycles. The minimum absolute atomic E-state index is 0.719. The van der Waals surface area contributed by atoms with Crippen LogP contribution in [0.15, 0.2) is 0 Å². The van der Waals surface area contributed by atoms with Gasteiger partial charge in [0.2, 0.25) is 0 Å². The van der Waals surface area contributed by atoms with Crippen molar-refractivity contribution in [3.05, 3.63) is 0 Å². The lowest BCUT2D eigenvalue weighted by molar-refractivity contribution is 0.390. The molecule has 0 aromatic heterocycles. The first-order valence-electron chi connectivity index (χ1n) is 6.52. The van der Waals surface area contributed by atoms with E-state index in [9.17, 15) is 0 Å². The van der Waals surface area contributed by atoms with Crippen molar-refractivity contribution < 1.29 is 0 Å². The number of nitrogens with one attached hydrogen (secondary N) is 1. The third-order valence-corrected chi connectivity index (χ3v) is 4.21. The van der Waals surface area contributed by atoms with Crippen LogP contribution in [0.3, 0.4) is 0 Å². The molecule has 1 aliphatic rings. The van der Waals surface area contributed by atoms with Gasteiger partial charge in [0.15, 0.2) is 0 Å². The molecule has 1 nitrogen and oxygen atoms in total. The summed E-state index contributed by atoms with van der Waals surface area (Å²) in [6.07, 6.45) is 6.86. The topological polar surface area (TPSA) is 12.0 Å². The summed E-state index contributed by atoms with van der Waals surface area (Å²) in [6.45, 7) is 6.98. The van der Waals surface area contributed by atoms with E-state index in [-0.39, 0.29) is 0 Å². The largest absolute Gasteiger partial charge is 0.311 e. The lowest BCUT2D eigenvalue weighted by atomic mass is 10.0. The second-order valence-corrected chi connectivity index (χ2v) is 6.50. The maximum Gasteiger partial charge on any atom is 0.00852 e. The monoisotopic (exact) mass is 229 g/mol. The maximum absolute atomic E-state index is 3.78. The molecule has 0 spiro atoms. The van der Waals surface area contributed by atoms with Gasteiger partial charge in [0, 0.05) is 12.1 Å². The van der Waals surface area contributed by atoms with Crippen LogP contribution < -0.4 is 5.32 Å². The predicted octanol–water partition coefficient (Wildman–Crippen LogP) is 3.69. The van der Waals surface area contributed by atoms with Crippen molar-refractivity contribution in [3.8, 4) is 0 Å². The van der Waals surface area contributed by atoms with Crippen LogP contribution in [-0.4, -0.2) is 23.6 Å². The number of hydrogen-bond donors (Lipinski definition) is 1. The molecule has 1 fully saturated rings. The third kappa shape index (κ3) is 6.47. The van der Waals surface area contributed by atoms with Gasteiger partial charge in [-0.2, -0.15) is 11.8 Å². The molecular formula is C13H27NS. The highest BCUT2D eigenvalue weighted by molar-refractivity contribution is 7.99. The van der Waals surface area contributed by atoms with Crippen LogP contribution in [0.5, 0.6) is 0 Å². The van der Waals surface area contributed by atoms with E-state index in [1.54, 1.807) is 0 Å². The average Bonchev–Trinajstić information content (AvgIpc) is 2.18. The Morgan fingerprint density at radius 1 is 1.13 bits per heavy atom. The van der Waals surface area contributed by atoms with Gasteiger partial charge in [-0.3, -0.25) is 0 Å². The Labute approximate surface area is 99.8 Å². The van der Waals surface area contributed by atoms with Gasteiger partial charge in [0.25, 0.3) is 0 Å².